The van der Waals surface area contributed by atoms with Gasteiger partial charge >= 0.3 is 0 Å². The highest BCUT2D eigenvalue weighted by molar-refractivity contribution is 5.26. The second-order valence-electron chi connectivity index (χ2n) is 6.02. The molecule has 112 valence electrons. The first-order chi connectivity index (χ1) is 9.74. The number of pyridine rings is 1. The highest BCUT2D eigenvalue weighted by Crippen LogP contribution is 2.39. The average Bonchev–Trinajstić information content (AvgIpc) is 2.89. The van der Waals surface area contributed by atoms with Gasteiger partial charge in [-0.25, -0.2) is 0 Å². The van der Waals surface area contributed by atoms with Gasteiger partial charge in [0.2, 0.25) is 0 Å². The summed E-state index contributed by atoms with van der Waals surface area (Å²) in [6.45, 7) is 8.42. The molecule has 1 heterocycles. The molecule has 1 aromatic heterocycles. The number of ether oxygens (including phenoxy) is 1. The van der Waals surface area contributed by atoms with E-state index in [1.54, 1.807) is 0 Å². The number of hydrogen-bond acceptors (Lipinski definition) is 3. The van der Waals surface area contributed by atoms with E-state index in [0.717, 1.165) is 37.2 Å². The molecule has 2 rings (SSSR count). The van der Waals surface area contributed by atoms with Crippen molar-refractivity contribution in [3.63, 3.8) is 0 Å². The molecule has 0 aromatic carbocycles. The molecule has 1 aromatic rings. The predicted molar refractivity (Wildman–Crippen MR) is 82.9 cm³/mol. The van der Waals surface area contributed by atoms with Crippen LogP contribution in [0.5, 0.6) is 5.75 Å². The molecule has 3 nitrogen and oxygen atoms in total. The molecule has 1 saturated carbocycles. The first kappa shape index (κ1) is 15.3. The Balaban J connectivity index is 2.11. The molecule has 1 N–H and O–H groups in total. The standard InChI is InChI=1S/C17H28N2O/c1-4-8-20-16-10-15(11-18-12-16)17(19-5-2)14-7-6-13(3)9-14/h10-14,17,19H,4-9H2,1-3H3. The van der Waals surface area contributed by atoms with Gasteiger partial charge in [0.1, 0.15) is 5.75 Å². The third kappa shape index (κ3) is 3.95. The van der Waals surface area contributed by atoms with Gasteiger partial charge in [0.25, 0.3) is 0 Å². The second kappa shape index (κ2) is 7.63. The fourth-order valence-corrected chi connectivity index (χ4v) is 3.23. The van der Waals surface area contributed by atoms with Gasteiger partial charge < -0.3 is 10.1 Å². The van der Waals surface area contributed by atoms with E-state index in [1.807, 2.05) is 12.4 Å². The quantitative estimate of drug-likeness (QED) is 0.818. The third-order valence-electron chi connectivity index (χ3n) is 4.20. The molecule has 3 heteroatoms. The van der Waals surface area contributed by atoms with E-state index < -0.39 is 0 Å². The minimum atomic E-state index is 0.419. The smallest absolute Gasteiger partial charge is 0.137 e. The molecule has 3 atom stereocenters. The molecule has 1 aliphatic rings. The third-order valence-corrected chi connectivity index (χ3v) is 4.20. The van der Waals surface area contributed by atoms with Gasteiger partial charge in [-0.15, -0.1) is 0 Å². The van der Waals surface area contributed by atoms with Gasteiger partial charge in [-0.1, -0.05) is 27.2 Å². The van der Waals surface area contributed by atoms with Crippen LogP contribution in [0.15, 0.2) is 18.5 Å². The Morgan fingerprint density at radius 2 is 2.20 bits per heavy atom. The van der Waals surface area contributed by atoms with Gasteiger partial charge in [0.15, 0.2) is 0 Å². The van der Waals surface area contributed by atoms with Gasteiger partial charge in [-0.3, -0.25) is 4.98 Å². The number of nitrogens with zero attached hydrogens (tertiary/aromatic N) is 1. The summed E-state index contributed by atoms with van der Waals surface area (Å²) in [7, 11) is 0. The van der Waals surface area contributed by atoms with E-state index in [4.69, 9.17) is 4.74 Å². The Bertz CT molecular complexity index is 408. The van der Waals surface area contributed by atoms with Crippen LogP contribution in [-0.2, 0) is 0 Å². The molecule has 0 aliphatic heterocycles. The molecule has 1 fully saturated rings. The zero-order chi connectivity index (χ0) is 14.4. The van der Waals surface area contributed by atoms with Crippen molar-refractivity contribution in [2.75, 3.05) is 13.2 Å². The van der Waals surface area contributed by atoms with Crippen LogP contribution in [0.2, 0.25) is 0 Å². The van der Waals surface area contributed by atoms with Crippen molar-refractivity contribution in [3.8, 4) is 5.75 Å². The van der Waals surface area contributed by atoms with Crippen molar-refractivity contribution >= 4 is 0 Å². The van der Waals surface area contributed by atoms with Crippen molar-refractivity contribution < 1.29 is 4.74 Å². The normalized spacial score (nSPS) is 23.8. The minimum absolute atomic E-state index is 0.419. The molecule has 1 aliphatic carbocycles. The molecule has 0 radical (unpaired) electrons. The van der Waals surface area contributed by atoms with Crippen LogP contribution >= 0.6 is 0 Å². The summed E-state index contributed by atoms with van der Waals surface area (Å²) >= 11 is 0. The first-order valence-corrected chi connectivity index (χ1v) is 8.05. The topological polar surface area (TPSA) is 34.1 Å². The fourth-order valence-electron chi connectivity index (χ4n) is 3.23. The number of rotatable bonds is 7. The maximum absolute atomic E-state index is 5.72. The van der Waals surface area contributed by atoms with Gasteiger partial charge in [-0.05, 0) is 49.3 Å². The summed E-state index contributed by atoms with van der Waals surface area (Å²) in [6, 6.07) is 2.58. The maximum Gasteiger partial charge on any atom is 0.137 e. The Kier molecular flexibility index (Phi) is 5.84. The molecule has 3 unspecified atom stereocenters. The summed E-state index contributed by atoms with van der Waals surface area (Å²) in [5, 5.41) is 3.65. The first-order valence-electron chi connectivity index (χ1n) is 8.05. The van der Waals surface area contributed by atoms with Crippen molar-refractivity contribution in [1.82, 2.24) is 10.3 Å². The monoisotopic (exact) mass is 276 g/mol. The van der Waals surface area contributed by atoms with Crippen LogP contribution in [0, 0.1) is 11.8 Å². The Morgan fingerprint density at radius 3 is 2.85 bits per heavy atom. The van der Waals surface area contributed by atoms with Crippen molar-refractivity contribution in [3.05, 3.63) is 24.0 Å². The lowest BCUT2D eigenvalue weighted by atomic mass is 9.91. The second-order valence-corrected chi connectivity index (χ2v) is 6.02. The van der Waals surface area contributed by atoms with Crippen molar-refractivity contribution in [1.29, 1.82) is 0 Å². The summed E-state index contributed by atoms with van der Waals surface area (Å²) in [5.74, 6) is 2.49. The average molecular weight is 276 g/mol. The summed E-state index contributed by atoms with van der Waals surface area (Å²) in [5.41, 5.74) is 1.28. The summed E-state index contributed by atoms with van der Waals surface area (Å²) in [6.07, 6.45) is 8.83. The molecule has 0 amide bonds. The lowest BCUT2D eigenvalue weighted by molar-refractivity contribution is 0.313. The van der Waals surface area contributed by atoms with Gasteiger partial charge in [-0.2, -0.15) is 0 Å². The van der Waals surface area contributed by atoms with E-state index in [9.17, 15) is 0 Å². The van der Waals surface area contributed by atoms with Crippen molar-refractivity contribution in [2.24, 2.45) is 11.8 Å². The van der Waals surface area contributed by atoms with E-state index >= 15 is 0 Å². The number of aromatic nitrogens is 1. The highest BCUT2D eigenvalue weighted by Gasteiger charge is 2.29. The van der Waals surface area contributed by atoms with Crippen LogP contribution in [-0.4, -0.2) is 18.1 Å². The van der Waals surface area contributed by atoms with Crippen LogP contribution in [0.4, 0.5) is 0 Å². The summed E-state index contributed by atoms with van der Waals surface area (Å²) < 4.78 is 5.72. The SMILES string of the molecule is CCCOc1cncc(C(NCC)C2CCC(C)C2)c1. The Hall–Kier alpha value is -1.09. The van der Waals surface area contributed by atoms with Crippen LogP contribution in [0.25, 0.3) is 0 Å². The van der Waals surface area contributed by atoms with E-state index in [0.29, 0.717) is 6.04 Å². The maximum atomic E-state index is 5.72. The van der Waals surface area contributed by atoms with Gasteiger partial charge in [0, 0.05) is 12.2 Å². The largest absolute Gasteiger partial charge is 0.492 e. The van der Waals surface area contributed by atoms with E-state index in [2.05, 4.69) is 37.1 Å². The zero-order valence-corrected chi connectivity index (χ0v) is 13.1. The lowest BCUT2D eigenvalue weighted by Gasteiger charge is -2.25. The predicted octanol–water partition coefficient (Wildman–Crippen LogP) is 3.96. The van der Waals surface area contributed by atoms with Crippen LogP contribution in [0.3, 0.4) is 0 Å². The molecule has 20 heavy (non-hydrogen) atoms. The van der Waals surface area contributed by atoms with E-state index in [1.165, 1.54) is 24.8 Å². The molecule has 0 spiro atoms. The van der Waals surface area contributed by atoms with Crippen LogP contribution in [0.1, 0.15) is 58.1 Å². The molecule has 0 bridgehead atoms. The van der Waals surface area contributed by atoms with Crippen LogP contribution < -0.4 is 10.1 Å². The molecule has 0 saturated heterocycles. The Labute approximate surface area is 123 Å². The molecular weight excluding hydrogens is 248 g/mol. The Morgan fingerprint density at radius 1 is 1.35 bits per heavy atom. The minimum Gasteiger partial charge on any atom is -0.492 e. The molecular formula is C17H28N2O. The zero-order valence-electron chi connectivity index (χ0n) is 13.1. The van der Waals surface area contributed by atoms with Crippen molar-refractivity contribution in [2.45, 2.75) is 52.5 Å². The number of hydrogen-bond donors (Lipinski definition) is 1. The number of nitrogens with one attached hydrogen (secondary N) is 1. The summed E-state index contributed by atoms with van der Waals surface area (Å²) in [4.78, 5) is 4.37. The highest BCUT2D eigenvalue weighted by atomic mass is 16.5. The lowest BCUT2D eigenvalue weighted by Crippen LogP contribution is -2.27. The fraction of sp³-hybridized carbons (Fsp3) is 0.706. The van der Waals surface area contributed by atoms with E-state index in [-0.39, 0.29) is 0 Å². The van der Waals surface area contributed by atoms with Gasteiger partial charge in [0.05, 0.1) is 12.8 Å².